The van der Waals surface area contributed by atoms with Crippen molar-refractivity contribution in [2.75, 3.05) is 4.90 Å². The van der Waals surface area contributed by atoms with Crippen molar-refractivity contribution in [1.29, 1.82) is 5.26 Å². The zero-order valence-electron chi connectivity index (χ0n) is 8.38. The van der Waals surface area contributed by atoms with E-state index < -0.39 is 0 Å². The number of hydrogen-bond acceptors (Lipinski definition) is 3. The van der Waals surface area contributed by atoms with Gasteiger partial charge in [-0.3, -0.25) is 14.5 Å². The van der Waals surface area contributed by atoms with Crippen LogP contribution >= 0.6 is 0 Å². The van der Waals surface area contributed by atoms with Gasteiger partial charge in [-0.1, -0.05) is 6.07 Å². The van der Waals surface area contributed by atoms with Crippen molar-refractivity contribution in [2.24, 2.45) is 11.8 Å². The van der Waals surface area contributed by atoms with Crippen molar-refractivity contribution in [3.8, 4) is 6.07 Å². The molecule has 2 unspecified atom stereocenters. The van der Waals surface area contributed by atoms with Gasteiger partial charge in [0.2, 0.25) is 11.8 Å². The minimum absolute atomic E-state index is 0.0989. The first-order valence-electron chi connectivity index (χ1n) is 5.10. The molecule has 0 bridgehead atoms. The lowest BCUT2D eigenvalue weighted by Gasteiger charge is -2.16. The minimum Gasteiger partial charge on any atom is -0.274 e. The molecule has 4 nitrogen and oxygen atoms in total. The van der Waals surface area contributed by atoms with Gasteiger partial charge in [0.15, 0.2) is 0 Å². The molecule has 0 aromatic heterocycles. The van der Waals surface area contributed by atoms with Gasteiger partial charge in [0.25, 0.3) is 0 Å². The quantitative estimate of drug-likeness (QED) is 0.654. The van der Waals surface area contributed by atoms with E-state index in [4.69, 9.17) is 5.26 Å². The maximum Gasteiger partial charge on any atom is 0.237 e. The number of piperidine rings is 1. The van der Waals surface area contributed by atoms with Gasteiger partial charge in [-0.15, -0.1) is 0 Å². The Balaban J connectivity index is 2.01. The summed E-state index contributed by atoms with van der Waals surface area (Å²) >= 11 is 0. The molecule has 0 radical (unpaired) electrons. The molecule has 78 valence electrons. The highest BCUT2D eigenvalue weighted by Gasteiger charge is 2.59. The van der Waals surface area contributed by atoms with Crippen LogP contribution in [0, 0.1) is 23.2 Å². The number of anilines is 1. The third-order valence-electron chi connectivity index (χ3n) is 3.10. The highest BCUT2D eigenvalue weighted by atomic mass is 16.2. The molecule has 0 spiro atoms. The SMILES string of the molecule is N#Cc1cccc(N2C(=O)C3CC3C2=O)c1. The maximum absolute atomic E-state index is 11.8. The first-order chi connectivity index (χ1) is 7.72. The summed E-state index contributed by atoms with van der Waals surface area (Å²) < 4.78 is 0. The highest BCUT2D eigenvalue weighted by molar-refractivity contribution is 6.24. The molecule has 1 aliphatic heterocycles. The topological polar surface area (TPSA) is 61.2 Å². The molecule has 4 heteroatoms. The van der Waals surface area contributed by atoms with E-state index in [1.54, 1.807) is 24.3 Å². The van der Waals surface area contributed by atoms with Crippen molar-refractivity contribution >= 4 is 17.5 Å². The van der Waals surface area contributed by atoms with Crippen LogP contribution in [0.3, 0.4) is 0 Å². The van der Waals surface area contributed by atoms with Crippen molar-refractivity contribution in [1.82, 2.24) is 0 Å². The summed E-state index contributed by atoms with van der Waals surface area (Å²) in [7, 11) is 0. The number of nitriles is 1. The van der Waals surface area contributed by atoms with Crippen molar-refractivity contribution in [3.05, 3.63) is 29.8 Å². The average Bonchev–Trinajstić information content (AvgIpc) is 3.05. The van der Waals surface area contributed by atoms with E-state index in [-0.39, 0.29) is 23.7 Å². The third kappa shape index (κ3) is 1.09. The number of rotatable bonds is 1. The average molecular weight is 212 g/mol. The minimum atomic E-state index is -0.120. The van der Waals surface area contributed by atoms with Crippen LogP contribution in [0.1, 0.15) is 12.0 Å². The monoisotopic (exact) mass is 212 g/mol. The lowest BCUT2D eigenvalue weighted by molar-refractivity contribution is -0.123. The van der Waals surface area contributed by atoms with E-state index in [1.165, 1.54) is 4.90 Å². The fourth-order valence-corrected chi connectivity index (χ4v) is 2.15. The van der Waals surface area contributed by atoms with E-state index in [0.29, 0.717) is 17.7 Å². The van der Waals surface area contributed by atoms with E-state index in [9.17, 15) is 9.59 Å². The molecule has 1 aliphatic carbocycles. The summed E-state index contributed by atoms with van der Waals surface area (Å²) in [6.07, 6.45) is 0.701. The standard InChI is InChI=1S/C12H8N2O2/c13-6-7-2-1-3-8(4-7)14-11(15)9-5-10(9)12(14)16/h1-4,9-10H,5H2. The van der Waals surface area contributed by atoms with Crippen molar-refractivity contribution in [2.45, 2.75) is 6.42 Å². The molecule has 2 amide bonds. The van der Waals surface area contributed by atoms with Gasteiger partial charge in [-0.05, 0) is 24.6 Å². The molecule has 1 aromatic rings. The number of benzene rings is 1. The van der Waals surface area contributed by atoms with Gasteiger partial charge < -0.3 is 0 Å². The molecule has 1 saturated heterocycles. The summed E-state index contributed by atoms with van der Waals surface area (Å²) in [6.45, 7) is 0. The van der Waals surface area contributed by atoms with Crippen LogP contribution in [0.5, 0.6) is 0 Å². The van der Waals surface area contributed by atoms with E-state index in [1.807, 2.05) is 6.07 Å². The third-order valence-corrected chi connectivity index (χ3v) is 3.10. The fourth-order valence-electron chi connectivity index (χ4n) is 2.15. The number of fused-ring (bicyclic) bond motifs is 1. The Hall–Kier alpha value is -2.15. The zero-order chi connectivity index (χ0) is 11.3. The second-order valence-corrected chi connectivity index (χ2v) is 4.12. The predicted octanol–water partition coefficient (Wildman–Crippen LogP) is 1.07. The second kappa shape index (κ2) is 2.92. The first-order valence-corrected chi connectivity index (χ1v) is 5.10. The second-order valence-electron chi connectivity index (χ2n) is 4.12. The molecule has 3 rings (SSSR count). The van der Waals surface area contributed by atoms with Gasteiger partial charge in [-0.2, -0.15) is 5.26 Å². The summed E-state index contributed by atoms with van der Waals surface area (Å²) in [5, 5.41) is 8.76. The molecule has 1 heterocycles. The Morgan fingerprint density at radius 1 is 1.25 bits per heavy atom. The van der Waals surface area contributed by atoms with Crippen LogP contribution in [-0.4, -0.2) is 11.8 Å². The number of imide groups is 1. The normalized spacial score (nSPS) is 26.6. The number of carbonyl (C=O) groups is 2. The van der Waals surface area contributed by atoms with Crippen LogP contribution < -0.4 is 4.90 Å². The lowest BCUT2D eigenvalue weighted by Crippen LogP contribution is -2.32. The number of carbonyl (C=O) groups excluding carboxylic acids is 2. The van der Waals surface area contributed by atoms with E-state index in [2.05, 4.69) is 0 Å². The maximum atomic E-state index is 11.8. The lowest BCUT2D eigenvalue weighted by atomic mass is 10.2. The Labute approximate surface area is 92.1 Å². The van der Waals surface area contributed by atoms with E-state index >= 15 is 0 Å². The number of hydrogen-bond donors (Lipinski definition) is 0. The molecule has 2 atom stereocenters. The van der Waals surface area contributed by atoms with Crippen LogP contribution in [0.4, 0.5) is 5.69 Å². The van der Waals surface area contributed by atoms with Crippen molar-refractivity contribution < 1.29 is 9.59 Å². The van der Waals surface area contributed by atoms with Crippen LogP contribution in [0.2, 0.25) is 0 Å². The van der Waals surface area contributed by atoms with Gasteiger partial charge in [0.05, 0.1) is 29.2 Å². The van der Waals surface area contributed by atoms with Gasteiger partial charge in [0.1, 0.15) is 0 Å². The molecular weight excluding hydrogens is 204 g/mol. The van der Waals surface area contributed by atoms with Crippen LogP contribution in [-0.2, 0) is 9.59 Å². The van der Waals surface area contributed by atoms with Gasteiger partial charge in [0, 0.05) is 0 Å². The van der Waals surface area contributed by atoms with Gasteiger partial charge in [-0.25, -0.2) is 0 Å². The molecule has 1 aromatic carbocycles. The number of amides is 2. The summed E-state index contributed by atoms with van der Waals surface area (Å²) in [5.74, 6) is -0.438. The van der Waals surface area contributed by atoms with Crippen LogP contribution in [0.25, 0.3) is 0 Å². The Morgan fingerprint density at radius 3 is 2.56 bits per heavy atom. The van der Waals surface area contributed by atoms with E-state index in [0.717, 1.165) is 0 Å². The smallest absolute Gasteiger partial charge is 0.237 e. The highest BCUT2D eigenvalue weighted by Crippen LogP contribution is 2.48. The summed E-state index contributed by atoms with van der Waals surface area (Å²) in [5.41, 5.74) is 0.972. The zero-order valence-corrected chi connectivity index (χ0v) is 8.38. The largest absolute Gasteiger partial charge is 0.274 e. The molecular formula is C12H8N2O2. The summed E-state index contributed by atoms with van der Waals surface area (Å²) in [4.78, 5) is 24.8. The number of nitrogens with zero attached hydrogens (tertiary/aromatic N) is 2. The van der Waals surface area contributed by atoms with Gasteiger partial charge >= 0.3 is 0 Å². The van der Waals surface area contributed by atoms with Crippen LogP contribution in [0.15, 0.2) is 24.3 Å². The Morgan fingerprint density at radius 2 is 1.94 bits per heavy atom. The Kier molecular flexibility index (Phi) is 1.66. The molecule has 2 fully saturated rings. The molecule has 1 saturated carbocycles. The Bertz CT molecular complexity index is 524. The van der Waals surface area contributed by atoms with Crippen molar-refractivity contribution in [3.63, 3.8) is 0 Å². The first kappa shape index (κ1) is 9.10. The molecule has 16 heavy (non-hydrogen) atoms. The molecule has 2 aliphatic rings. The molecule has 0 N–H and O–H groups in total. The summed E-state index contributed by atoms with van der Waals surface area (Å²) in [6, 6.07) is 8.57. The fraction of sp³-hybridized carbons (Fsp3) is 0.250. The predicted molar refractivity (Wildman–Crippen MR) is 55.2 cm³/mol.